The van der Waals surface area contributed by atoms with Crippen LogP contribution in [-0.2, 0) is 18.9 Å². The molecule has 0 saturated carbocycles. The summed E-state index contributed by atoms with van der Waals surface area (Å²) < 4.78 is 21.6. The van der Waals surface area contributed by atoms with Gasteiger partial charge in [-0.1, -0.05) is 6.07 Å². The molecule has 0 fully saturated rings. The number of nitrogens with two attached hydrogens (primary N) is 1. The van der Waals surface area contributed by atoms with Crippen LogP contribution in [0.3, 0.4) is 0 Å². The number of hydrogen-bond donors (Lipinski definition) is 3. The minimum atomic E-state index is -0.162. The monoisotopic (exact) mass is 480 g/mol. The van der Waals surface area contributed by atoms with Crippen LogP contribution in [0.4, 0.5) is 10.8 Å². The molecule has 0 saturated heterocycles. The van der Waals surface area contributed by atoms with Gasteiger partial charge in [-0.25, -0.2) is 4.98 Å². The maximum absolute atomic E-state index is 12.7. The van der Waals surface area contributed by atoms with Crippen molar-refractivity contribution in [2.75, 3.05) is 76.6 Å². The summed E-state index contributed by atoms with van der Waals surface area (Å²) >= 11 is 1.48. The van der Waals surface area contributed by atoms with Gasteiger partial charge >= 0.3 is 0 Å². The van der Waals surface area contributed by atoms with E-state index in [4.69, 9.17) is 24.7 Å². The van der Waals surface area contributed by atoms with Gasteiger partial charge in [-0.2, -0.15) is 0 Å². The second kappa shape index (κ2) is 15.7. The van der Waals surface area contributed by atoms with Gasteiger partial charge in [0.2, 0.25) is 0 Å². The molecule has 0 bridgehead atoms. The van der Waals surface area contributed by atoms with E-state index < -0.39 is 0 Å². The van der Waals surface area contributed by atoms with Crippen molar-refractivity contribution in [1.82, 2.24) is 4.98 Å². The summed E-state index contributed by atoms with van der Waals surface area (Å²) in [5.74, 6) is -0.162. The third-order valence-corrected chi connectivity index (χ3v) is 5.76. The summed E-state index contributed by atoms with van der Waals surface area (Å²) in [6.45, 7) is 11.2. The highest BCUT2D eigenvalue weighted by atomic mass is 32.1. The first-order valence-corrected chi connectivity index (χ1v) is 11.9. The van der Waals surface area contributed by atoms with Gasteiger partial charge in [0.25, 0.3) is 5.91 Å². The highest BCUT2D eigenvalue weighted by Crippen LogP contribution is 2.24. The number of aryl methyl sites for hydroxylation is 2. The van der Waals surface area contributed by atoms with E-state index in [1.807, 2.05) is 39.0 Å². The number of nitrogens with zero attached hydrogens (tertiary/aromatic N) is 1. The zero-order valence-corrected chi connectivity index (χ0v) is 20.6. The Bertz CT molecular complexity index is 827. The number of thiazole rings is 1. The summed E-state index contributed by atoms with van der Waals surface area (Å²) in [7, 11) is 0. The molecule has 1 amide bonds. The Balaban J connectivity index is 1.58. The first kappa shape index (κ1) is 27.2. The lowest BCUT2D eigenvalue weighted by molar-refractivity contribution is 0.0000716. The standard InChI is InChI=1S/C23H36N4O5S/c1-17-20(22(28)27-23-26-18(2)19(3)33-23)5-4-6-21(17)25-8-10-30-12-14-32-16-15-31-13-11-29-9-7-24/h4-6,25H,7-16,24H2,1-3H3,(H,26,27,28). The molecule has 0 atom stereocenters. The molecule has 2 aromatic rings. The van der Waals surface area contributed by atoms with Crippen LogP contribution >= 0.6 is 11.3 Å². The van der Waals surface area contributed by atoms with Crippen LogP contribution in [0.15, 0.2) is 18.2 Å². The number of ether oxygens (including phenoxy) is 4. The number of carbonyl (C=O) groups is 1. The fraction of sp³-hybridized carbons (Fsp3) is 0.565. The average Bonchev–Trinajstić information content (AvgIpc) is 3.11. The van der Waals surface area contributed by atoms with Gasteiger partial charge in [-0.05, 0) is 38.5 Å². The molecule has 1 aromatic carbocycles. The van der Waals surface area contributed by atoms with Crippen LogP contribution in [0.2, 0.25) is 0 Å². The molecule has 0 aliphatic heterocycles. The second-order valence-electron chi connectivity index (χ2n) is 7.26. The molecule has 0 spiro atoms. The molecule has 4 N–H and O–H groups in total. The molecular formula is C23H36N4O5S. The van der Waals surface area contributed by atoms with Crippen LogP contribution in [-0.4, -0.2) is 76.8 Å². The largest absolute Gasteiger partial charge is 0.382 e. The molecule has 184 valence electrons. The van der Waals surface area contributed by atoms with Crippen LogP contribution in [0.1, 0.15) is 26.5 Å². The average molecular weight is 481 g/mol. The Hall–Kier alpha value is -2.08. The number of anilines is 2. The van der Waals surface area contributed by atoms with Gasteiger partial charge in [0.1, 0.15) is 0 Å². The maximum atomic E-state index is 12.7. The molecular weight excluding hydrogens is 444 g/mol. The van der Waals surface area contributed by atoms with Crippen molar-refractivity contribution in [3.63, 3.8) is 0 Å². The highest BCUT2D eigenvalue weighted by molar-refractivity contribution is 7.15. The number of hydrogen-bond acceptors (Lipinski definition) is 9. The van der Waals surface area contributed by atoms with Gasteiger partial charge in [-0.3, -0.25) is 10.1 Å². The number of carbonyl (C=O) groups excluding carboxylic acids is 1. The van der Waals surface area contributed by atoms with Gasteiger partial charge in [0, 0.05) is 29.2 Å². The smallest absolute Gasteiger partial charge is 0.257 e. The Morgan fingerprint density at radius 3 is 2.12 bits per heavy atom. The number of aromatic nitrogens is 1. The fourth-order valence-corrected chi connectivity index (χ4v) is 3.68. The van der Waals surface area contributed by atoms with Crippen molar-refractivity contribution in [2.45, 2.75) is 20.8 Å². The zero-order valence-electron chi connectivity index (χ0n) is 19.8. The minimum Gasteiger partial charge on any atom is -0.382 e. The maximum Gasteiger partial charge on any atom is 0.257 e. The van der Waals surface area contributed by atoms with Crippen molar-refractivity contribution in [2.24, 2.45) is 5.73 Å². The third-order valence-electron chi connectivity index (χ3n) is 4.77. The van der Waals surface area contributed by atoms with Crippen LogP contribution in [0, 0.1) is 20.8 Å². The highest BCUT2D eigenvalue weighted by Gasteiger charge is 2.14. The Morgan fingerprint density at radius 2 is 1.55 bits per heavy atom. The predicted octanol–water partition coefficient (Wildman–Crippen LogP) is 2.76. The van der Waals surface area contributed by atoms with E-state index in [0.717, 1.165) is 21.8 Å². The van der Waals surface area contributed by atoms with E-state index in [1.54, 1.807) is 0 Å². The lowest BCUT2D eigenvalue weighted by Crippen LogP contribution is -2.17. The number of rotatable bonds is 17. The lowest BCUT2D eigenvalue weighted by atomic mass is 10.1. The third kappa shape index (κ3) is 10.2. The number of nitrogens with one attached hydrogen (secondary N) is 2. The summed E-state index contributed by atoms with van der Waals surface area (Å²) in [6.07, 6.45) is 0. The van der Waals surface area contributed by atoms with Crippen LogP contribution in [0.5, 0.6) is 0 Å². The molecule has 0 radical (unpaired) electrons. The molecule has 0 aliphatic rings. The van der Waals surface area contributed by atoms with E-state index in [0.29, 0.717) is 76.6 Å². The van der Waals surface area contributed by atoms with Gasteiger partial charge < -0.3 is 30.0 Å². The quantitative estimate of drug-likeness (QED) is 0.296. The predicted molar refractivity (Wildman–Crippen MR) is 132 cm³/mol. The van der Waals surface area contributed by atoms with Crippen molar-refractivity contribution in [3.8, 4) is 0 Å². The van der Waals surface area contributed by atoms with Crippen LogP contribution in [0.25, 0.3) is 0 Å². The molecule has 0 unspecified atom stereocenters. The van der Waals surface area contributed by atoms with E-state index in [1.165, 1.54) is 11.3 Å². The SMILES string of the molecule is Cc1nc(NC(=O)c2cccc(NCCOCCOCCOCCOCCN)c2C)sc1C. The fourth-order valence-electron chi connectivity index (χ4n) is 2.87. The van der Waals surface area contributed by atoms with E-state index in [-0.39, 0.29) is 5.91 Å². The number of amides is 1. The number of benzene rings is 1. The Morgan fingerprint density at radius 1 is 0.939 bits per heavy atom. The molecule has 1 heterocycles. The van der Waals surface area contributed by atoms with Gasteiger partial charge in [0.05, 0.1) is 58.5 Å². The molecule has 9 nitrogen and oxygen atoms in total. The molecule has 0 aliphatic carbocycles. The zero-order chi connectivity index (χ0) is 23.9. The topological polar surface area (TPSA) is 117 Å². The Labute approximate surface area is 200 Å². The van der Waals surface area contributed by atoms with E-state index in [9.17, 15) is 4.79 Å². The normalized spacial score (nSPS) is 11.0. The van der Waals surface area contributed by atoms with Gasteiger partial charge in [-0.15, -0.1) is 11.3 Å². The summed E-state index contributed by atoms with van der Waals surface area (Å²) in [5.41, 5.74) is 8.68. The van der Waals surface area contributed by atoms with Crippen LogP contribution < -0.4 is 16.4 Å². The van der Waals surface area contributed by atoms with E-state index >= 15 is 0 Å². The van der Waals surface area contributed by atoms with Crippen molar-refractivity contribution in [3.05, 3.63) is 39.9 Å². The summed E-state index contributed by atoms with van der Waals surface area (Å²) in [4.78, 5) is 18.2. The molecule has 1 aromatic heterocycles. The lowest BCUT2D eigenvalue weighted by Gasteiger charge is -2.13. The van der Waals surface area contributed by atoms with Crippen molar-refractivity contribution >= 4 is 28.1 Å². The summed E-state index contributed by atoms with van der Waals surface area (Å²) in [6, 6.07) is 5.63. The van der Waals surface area contributed by atoms with Crippen molar-refractivity contribution in [1.29, 1.82) is 0 Å². The minimum absolute atomic E-state index is 0.162. The molecule has 33 heavy (non-hydrogen) atoms. The molecule has 2 rings (SSSR count). The van der Waals surface area contributed by atoms with Gasteiger partial charge in [0.15, 0.2) is 5.13 Å². The second-order valence-corrected chi connectivity index (χ2v) is 8.46. The van der Waals surface area contributed by atoms with Crippen molar-refractivity contribution < 1.29 is 23.7 Å². The summed E-state index contributed by atoms with van der Waals surface area (Å²) in [5, 5.41) is 6.83. The first-order chi connectivity index (χ1) is 16.0. The Kier molecular flexibility index (Phi) is 12.9. The van der Waals surface area contributed by atoms with E-state index in [2.05, 4.69) is 15.6 Å². The first-order valence-electron chi connectivity index (χ1n) is 11.1. The molecule has 10 heteroatoms.